The molecule has 1 aliphatic heterocycles. The van der Waals surface area contributed by atoms with E-state index in [1.54, 1.807) is 0 Å². The van der Waals surface area contributed by atoms with Crippen LogP contribution >= 0.6 is 0 Å². The van der Waals surface area contributed by atoms with E-state index >= 15 is 0 Å². The Hall–Kier alpha value is -0.963. The summed E-state index contributed by atoms with van der Waals surface area (Å²) < 4.78 is 20.8. The lowest BCUT2D eigenvalue weighted by Crippen LogP contribution is -2.48. The van der Waals surface area contributed by atoms with Crippen LogP contribution in [0.1, 0.15) is 50.4 Å². The van der Waals surface area contributed by atoms with Crippen molar-refractivity contribution in [3.8, 4) is 0 Å². The minimum Gasteiger partial charge on any atom is -0.359 e. The maximum absolute atomic E-state index is 12.8. The first-order valence-electron chi connectivity index (χ1n) is 10.7. The Morgan fingerprint density at radius 1 is 1.14 bits per heavy atom. The number of ether oxygens (including phenoxy) is 3. The highest BCUT2D eigenvalue weighted by Gasteiger charge is 2.52. The van der Waals surface area contributed by atoms with Crippen LogP contribution in [0.15, 0.2) is 4.79 Å². The number of hydrogen-bond acceptors (Lipinski definition) is 5. The van der Waals surface area contributed by atoms with Crippen molar-refractivity contribution in [2.45, 2.75) is 89.7 Å². The van der Waals surface area contributed by atoms with Gasteiger partial charge in [0.05, 0.1) is 13.2 Å². The molecule has 0 atom stereocenters. The Morgan fingerprint density at radius 2 is 1.79 bits per heavy atom. The van der Waals surface area contributed by atoms with Gasteiger partial charge in [-0.05, 0) is 44.1 Å². The Labute approximate surface area is 168 Å². The second-order valence-electron chi connectivity index (χ2n) is 10.2. The molecule has 0 unspecified atom stereocenters. The summed E-state index contributed by atoms with van der Waals surface area (Å²) >= 11 is 0. The van der Waals surface area contributed by atoms with Crippen molar-refractivity contribution in [3.05, 3.63) is 16.3 Å². The van der Waals surface area contributed by atoms with Crippen LogP contribution in [0.5, 0.6) is 0 Å². The molecule has 0 bridgehead atoms. The molecule has 2 heterocycles. The summed E-state index contributed by atoms with van der Waals surface area (Å²) in [5.41, 5.74) is 0.327. The van der Waals surface area contributed by atoms with E-state index in [9.17, 15) is 4.79 Å². The summed E-state index contributed by atoms with van der Waals surface area (Å²) in [4.78, 5) is 12.8. The van der Waals surface area contributed by atoms with Gasteiger partial charge >= 0.3 is 5.69 Å². The molecular formula is C20H35N3O4Si. The van der Waals surface area contributed by atoms with E-state index in [0.717, 1.165) is 63.6 Å². The van der Waals surface area contributed by atoms with Gasteiger partial charge < -0.3 is 14.2 Å². The Morgan fingerprint density at radius 3 is 2.39 bits per heavy atom. The van der Waals surface area contributed by atoms with E-state index in [1.165, 1.54) is 4.68 Å². The van der Waals surface area contributed by atoms with Crippen molar-refractivity contribution >= 4 is 8.07 Å². The van der Waals surface area contributed by atoms with Gasteiger partial charge in [-0.25, -0.2) is 4.79 Å². The van der Waals surface area contributed by atoms with Crippen molar-refractivity contribution in [1.82, 2.24) is 14.3 Å². The van der Waals surface area contributed by atoms with Crippen molar-refractivity contribution in [2.75, 3.05) is 19.8 Å². The predicted molar refractivity (Wildman–Crippen MR) is 109 cm³/mol. The normalized spacial score (nSPS) is 24.1. The van der Waals surface area contributed by atoms with Gasteiger partial charge in [0.2, 0.25) is 0 Å². The fraction of sp³-hybridized carbons (Fsp3) is 0.900. The van der Waals surface area contributed by atoms with E-state index in [1.807, 2.05) is 11.5 Å². The largest absolute Gasteiger partial charge is 0.359 e. The lowest BCUT2D eigenvalue weighted by molar-refractivity contribution is -0.202. The lowest BCUT2D eigenvalue weighted by Gasteiger charge is -2.53. The minimum absolute atomic E-state index is 0.0277. The number of aromatic nitrogens is 3. The molecule has 1 aromatic rings. The highest BCUT2D eigenvalue weighted by molar-refractivity contribution is 6.76. The lowest BCUT2D eigenvalue weighted by atomic mass is 9.57. The molecule has 0 radical (unpaired) electrons. The SMILES string of the molecule is Cc1nn(COCC[Si](C)(C)C)c(=O)n1C1CC2(CCC3(CC2)OCCO3)C1. The van der Waals surface area contributed by atoms with Crippen LogP contribution in [-0.4, -0.2) is 48.0 Å². The first kappa shape index (κ1) is 20.3. The molecule has 158 valence electrons. The maximum atomic E-state index is 12.8. The third-order valence-corrected chi connectivity index (χ3v) is 8.54. The standard InChI is InChI=1S/C20H35N3O4Si/c1-16-21-22(15-25-11-12-28(2,3)4)18(24)23(16)17-13-19(14-17)5-7-20(8-6-19)26-9-10-27-20/h17H,5-15H2,1-4H3. The summed E-state index contributed by atoms with van der Waals surface area (Å²) in [5, 5.41) is 4.45. The van der Waals surface area contributed by atoms with Gasteiger partial charge in [0.1, 0.15) is 12.6 Å². The van der Waals surface area contributed by atoms with Crippen LogP contribution in [0.4, 0.5) is 0 Å². The zero-order valence-corrected chi connectivity index (χ0v) is 18.8. The van der Waals surface area contributed by atoms with E-state index < -0.39 is 8.07 Å². The van der Waals surface area contributed by atoms with Crippen LogP contribution in [0, 0.1) is 12.3 Å². The van der Waals surface area contributed by atoms with E-state index in [2.05, 4.69) is 24.7 Å². The van der Waals surface area contributed by atoms with Crippen LogP contribution in [0.25, 0.3) is 0 Å². The number of nitrogens with zero attached hydrogens (tertiary/aromatic N) is 3. The first-order valence-corrected chi connectivity index (χ1v) is 14.4. The van der Waals surface area contributed by atoms with Crippen LogP contribution < -0.4 is 5.69 Å². The molecule has 4 rings (SSSR count). The molecule has 2 spiro atoms. The van der Waals surface area contributed by atoms with Crippen molar-refractivity contribution < 1.29 is 14.2 Å². The second-order valence-corrected chi connectivity index (χ2v) is 15.8. The molecule has 7 nitrogen and oxygen atoms in total. The highest BCUT2D eigenvalue weighted by atomic mass is 28.3. The summed E-state index contributed by atoms with van der Waals surface area (Å²) in [5.74, 6) is 0.495. The number of hydrogen-bond donors (Lipinski definition) is 0. The van der Waals surface area contributed by atoms with Crippen LogP contribution in [0.2, 0.25) is 25.7 Å². The molecule has 2 aliphatic carbocycles. The molecule has 2 saturated carbocycles. The minimum atomic E-state index is -1.12. The fourth-order valence-corrected chi connectivity index (χ4v) is 5.80. The van der Waals surface area contributed by atoms with E-state index in [0.29, 0.717) is 12.0 Å². The monoisotopic (exact) mass is 409 g/mol. The van der Waals surface area contributed by atoms with Crippen molar-refractivity contribution in [1.29, 1.82) is 0 Å². The van der Waals surface area contributed by atoms with Gasteiger partial charge in [-0.1, -0.05) is 19.6 Å². The third kappa shape index (κ3) is 4.01. The van der Waals surface area contributed by atoms with Gasteiger partial charge in [0.15, 0.2) is 5.79 Å². The smallest absolute Gasteiger partial charge is 0.348 e. The van der Waals surface area contributed by atoms with Gasteiger partial charge in [-0.3, -0.25) is 4.57 Å². The maximum Gasteiger partial charge on any atom is 0.348 e. The summed E-state index contributed by atoms with van der Waals surface area (Å²) in [7, 11) is -1.12. The van der Waals surface area contributed by atoms with Crippen molar-refractivity contribution in [2.24, 2.45) is 5.41 Å². The molecule has 3 aliphatic rings. The van der Waals surface area contributed by atoms with Gasteiger partial charge in [-0.2, -0.15) is 9.78 Å². The predicted octanol–water partition coefficient (Wildman–Crippen LogP) is 3.30. The quantitative estimate of drug-likeness (QED) is 0.533. The molecule has 1 aromatic heterocycles. The highest BCUT2D eigenvalue weighted by Crippen LogP contribution is 2.59. The molecular weight excluding hydrogens is 374 g/mol. The Bertz CT molecular complexity index is 742. The van der Waals surface area contributed by atoms with Gasteiger partial charge in [0, 0.05) is 33.6 Å². The first-order chi connectivity index (χ1) is 13.2. The van der Waals surface area contributed by atoms with Gasteiger partial charge in [-0.15, -0.1) is 0 Å². The molecule has 3 fully saturated rings. The number of aryl methyl sites for hydroxylation is 1. The topological polar surface area (TPSA) is 67.5 Å². The molecule has 8 heteroatoms. The van der Waals surface area contributed by atoms with Crippen LogP contribution in [-0.2, 0) is 20.9 Å². The second kappa shape index (κ2) is 7.38. The average Bonchev–Trinajstić information content (AvgIpc) is 3.16. The molecule has 0 amide bonds. The zero-order chi connectivity index (χ0) is 20.0. The molecule has 1 saturated heterocycles. The Balaban J connectivity index is 1.32. The third-order valence-electron chi connectivity index (χ3n) is 6.84. The Kier molecular flexibility index (Phi) is 5.35. The van der Waals surface area contributed by atoms with E-state index in [4.69, 9.17) is 14.2 Å². The van der Waals surface area contributed by atoms with Crippen molar-refractivity contribution in [3.63, 3.8) is 0 Å². The zero-order valence-electron chi connectivity index (χ0n) is 17.8. The van der Waals surface area contributed by atoms with Crippen LogP contribution in [0.3, 0.4) is 0 Å². The summed E-state index contributed by atoms with van der Waals surface area (Å²) in [6.07, 6.45) is 6.35. The summed E-state index contributed by atoms with van der Waals surface area (Å²) in [6.45, 7) is 11.3. The summed E-state index contributed by atoms with van der Waals surface area (Å²) in [6, 6.07) is 1.37. The molecule has 0 N–H and O–H groups in total. The van der Waals surface area contributed by atoms with E-state index in [-0.39, 0.29) is 24.2 Å². The van der Waals surface area contributed by atoms with Gasteiger partial charge in [0.25, 0.3) is 0 Å². The molecule has 0 aromatic carbocycles. The fourth-order valence-electron chi connectivity index (χ4n) is 5.04. The molecule has 28 heavy (non-hydrogen) atoms. The number of rotatable bonds is 6. The average molecular weight is 410 g/mol.